The Morgan fingerprint density at radius 3 is 2.10 bits per heavy atom. The van der Waals surface area contributed by atoms with Gasteiger partial charge in [-0.3, -0.25) is 9.59 Å². The number of Topliss-reactive ketones (excluding diaryl/α,β-unsaturated/α-hetero) is 1. The molecule has 1 aliphatic carbocycles. The molecule has 0 fully saturated rings. The van der Waals surface area contributed by atoms with Gasteiger partial charge in [-0.15, -0.1) is 0 Å². The molecule has 1 heterocycles. The molecule has 2 atom stereocenters. The minimum Gasteiger partial charge on any atom is -0.493 e. The number of fused-ring (bicyclic) bond motifs is 2. The molecular formula is C21H20O8. The zero-order valence-corrected chi connectivity index (χ0v) is 16.4. The average molecular weight is 400 g/mol. The van der Waals surface area contributed by atoms with Gasteiger partial charge in [0, 0.05) is 11.5 Å². The molecule has 0 aromatic heterocycles. The number of hydrogen-bond acceptors (Lipinski definition) is 8. The van der Waals surface area contributed by atoms with Crippen LogP contribution in [0.4, 0.5) is 0 Å². The number of benzene rings is 2. The second kappa shape index (κ2) is 7.20. The maximum absolute atomic E-state index is 13.1. The van der Waals surface area contributed by atoms with Gasteiger partial charge in [0.15, 0.2) is 28.8 Å². The van der Waals surface area contributed by atoms with Crippen LogP contribution >= 0.6 is 0 Å². The van der Waals surface area contributed by atoms with E-state index in [0.29, 0.717) is 45.4 Å². The van der Waals surface area contributed by atoms with E-state index in [4.69, 9.17) is 28.4 Å². The molecule has 0 saturated carbocycles. The molecule has 1 aliphatic heterocycles. The Morgan fingerprint density at radius 2 is 1.55 bits per heavy atom. The van der Waals surface area contributed by atoms with Crippen LogP contribution in [0.2, 0.25) is 0 Å². The molecule has 0 N–H and O–H groups in total. The van der Waals surface area contributed by atoms with Crippen LogP contribution in [0.15, 0.2) is 24.3 Å². The van der Waals surface area contributed by atoms with E-state index >= 15 is 0 Å². The Morgan fingerprint density at radius 1 is 0.931 bits per heavy atom. The van der Waals surface area contributed by atoms with Gasteiger partial charge in [-0.25, -0.2) is 0 Å². The summed E-state index contributed by atoms with van der Waals surface area (Å²) in [5.74, 6) is -0.321. The average Bonchev–Trinajstić information content (AvgIpc) is 3.32. The van der Waals surface area contributed by atoms with Gasteiger partial charge < -0.3 is 28.4 Å². The summed E-state index contributed by atoms with van der Waals surface area (Å²) >= 11 is 0. The monoisotopic (exact) mass is 400 g/mol. The third-order valence-electron chi connectivity index (χ3n) is 5.26. The van der Waals surface area contributed by atoms with Crippen LogP contribution in [0.1, 0.15) is 27.4 Å². The Labute approximate surface area is 167 Å². The number of methoxy groups -OCH3 is 4. The molecule has 8 heteroatoms. The standard InChI is InChI=1S/C21H20O8/c1-24-15-5-10(6-16(25-2)20(15)26-3)17-11-7-13-14(29-9-28-13)8-12(11)19(22)18(17)21(23)27-4/h5-8,17-18H,9H2,1-4H3/t17-,18+/m1/s1. The van der Waals surface area contributed by atoms with Crippen molar-refractivity contribution in [1.82, 2.24) is 0 Å². The third kappa shape index (κ3) is 2.83. The maximum Gasteiger partial charge on any atom is 0.317 e. The van der Waals surface area contributed by atoms with Crippen LogP contribution in [-0.2, 0) is 9.53 Å². The highest BCUT2D eigenvalue weighted by Crippen LogP contribution is 2.50. The lowest BCUT2D eigenvalue weighted by molar-refractivity contribution is -0.143. The fourth-order valence-electron chi connectivity index (χ4n) is 3.95. The first-order valence-corrected chi connectivity index (χ1v) is 8.89. The van der Waals surface area contributed by atoms with E-state index in [2.05, 4.69) is 0 Å². The smallest absolute Gasteiger partial charge is 0.317 e. The second-order valence-electron chi connectivity index (χ2n) is 6.59. The van der Waals surface area contributed by atoms with Crippen LogP contribution in [-0.4, -0.2) is 47.0 Å². The zero-order valence-electron chi connectivity index (χ0n) is 16.4. The van der Waals surface area contributed by atoms with Gasteiger partial charge in [-0.1, -0.05) is 0 Å². The van der Waals surface area contributed by atoms with E-state index in [0.717, 1.165) is 0 Å². The predicted molar refractivity (Wildman–Crippen MR) is 100 cm³/mol. The van der Waals surface area contributed by atoms with Crippen molar-refractivity contribution < 1.29 is 38.0 Å². The summed E-state index contributed by atoms with van der Waals surface area (Å²) in [6.45, 7) is 0.0850. The van der Waals surface area contributed by atoms with Crippen LogP contribution in [0.25, 0.3) is 0 Å². The maximum atomic E-state index is 13.1. The van der Waals surface area contributed by atoms with Crippen LogP contribution in [0.3, 0.4) is 0 Å². The van der Waals surface area contributed by atoms with Gasteiger partial charge in [-0.05, 0) is 35.4 Å². The molecule has 8 nitrogen and oxygen atoms in total. The van der Waals surface area contributed by atoms with Crippen molar-refractivity contribution in [2.75, 3.05) is 35.2 Å². The normalized spacial score (nSPS) is 19.0. The Balaban J connectivity index is 1.93. The van der Waals surface area contributed by atoms with Crippen molar-refractivity contribution in [1.29, 1.82) is 0 Å². The SMILES string of the molecule is COC(=O)[C@@H]1C(=O)c2cc3c(cc2[C@H]1c1cc(OC)c(OC)c(OC)c1)OCO3. The summed E-state index contributed by atoms with van der Waals surface area (Å²) in [4.78, 5) is 25.7. The molecule has 0 spiro atoms. The van der Waals surface area contributed by atoms with Crippen molar-refractivity contribution in [2.24, 2.45) is 5.92 Å². The number of ketones is 1. The van der Waals surface area contributed by atoms with Gasteiger partial charge in [0.2, 0.25) is 12.5 Å². The quantitative estimate of drug-likeness (QED) is 0.559. The summed E-state index contributed by atoms with van der Waals surface area (Å²) in [6.07, 6.45) is 0. The van der Waals surface area contributed by atoms with Crippen molar-refractivity contribution in [3.05, 3.63) is 41.0 Å². The number of hydrogen-bond donors (Lipinski definition) is 0. The van der Waals surface area contributed by atoms with E-state index in [1.807, 2.05) is 0 Å². The van der Waals surface area contributed by atoms with E-state index < -0.39 is 17.8 Å². The summed E-state index contributed by atoms with van der Waals surface area (Å²) in [7, 11) is 5.78. The number of carbonyl (C=O) groups is 2. The highest BCUT2D eigenvalue weighted by molar-refractivity contribution is 6.14. The number of ether oxygens (including phenoxy) is 6. The largest absolute Gasteiger partial charge is 0.493 e. The highest BCUT2D eigenvalue weighted by Gasteiger charge is 2.47. The topological polar surface area (TPSA) is 89.5 Å². The van der Waals surface area contributed by atoms with Gasteiger partial charge in [0.05, 0.1) is 28.4 Å². The van der Waals surface area contributed by atoms with Gasteiger partial charge >= 0.3 is 5.97 Å². The molecule has 152 valence electrons. The molecule has 2 aromatic carbocycles. The second-order valence-corrected chi connectivity index (χ2v) is 6.59. The Kier molecular flexibility index (Phi) is 4.70. The molecular weight excluding hydrogens is 380 g/mol. The first kappa shape index (κ1) is 18.9. The lowest BCUT2D eigenvalue weighted by atomic mass is 9.85. The Bertz CT molecular complexity index is 971. The Hall–Kier alpha value is -3.42. The molecule has 0 amide bonds. The zero-order chi connectivity index (χ0) is 20.7. The minimum absolute atomic E-state index is 0.0850. The number of rotatable bonds is 5. The molecule has 0 radical (unpaired) electrons. The lowest BCUT2D eigenvalue weighted by Crippen LogP contribution is -2.26. The molecule has 2 aromatic rings. The van der Waals surface area contributed by atoms with Crippen molar-refractivity contribution >= 4 is 11.8 Å². The molecule has 2 aliphatic rings. The van der Waals surface area contributed by atoms with Gasteiger partial charge in [-0.2, -0.15) is 0 Å². The number of carbonyl (C=O) groups excluding carboxylic acids is 2. The fraction of sp³-hybridized carbons (Fsp3) is 0.333. The van der Waals surface area contributed by atoms with Crippen LogP contribution in [0.5, 0.6) is 28.7 Å². The van der Waals surface area contributed by atoms with Gasteiger partial charge in [0.25, 0.3) is 0 Å². The van der Waals surface area contributed by atoms with Crippen LogP contribution < -0.4 is 23.7 Å². The van der Waals surface area contributed by atoms with Crippen LogP contribution in [0, 0.1) is 5.92 Å². The fourth-order valence-corrected chi connectivity index (χ4v) is 3.95. The van der Waals surface area contributed by atoms with E-state index in [-0.39, 0.29) is 12.6 Å². The van der Waals surface area contributed by atoms with Gasteiger partial charge in [0.1, 0.15) is 5.92 Å². The summed E-state index contributed by atoms with van der Waals surface area (Å²) < 4.78 is 32.1. The number of esters is 1. The summed E-state index contributed by atoms with van der Waals surface area (Å²) in [5, 5.41) is 0. The van der Waals surface area contributed by atoms with E-state index in [1.54, 1.807) is 24.3 Å². The molecule has 0 bridgehead atoms. The molecule has 29 heavy (non-hydrogen) atoms. The molecule has 0 unspecified atom stereocenters. The first-order chi connectivity index (χ1) is 14.0. The van der Waals surface area contributed by atoms with E-state index in [9.17, 15) is 9.59 Å². The highest BCUT2D eigenvalue weighted by atomic mass is 16.7. The molecule has 4 rings (SSSR count). The van der Waals surface area contributed by atoms with Crippen molar-refractivity contribution in [2.45, 2.75) is 5.92 Å². The minimum atomic E-state index is -1.04. The van der Waals surface area contributed by atoms with Crippen molar-refractivity contribution in [3.8, 4) is 28.7 Å². The molecule has 0 saturated heterocycles. The van der Waals surface area contributed by atoms with Crippen molar-refractivity contribution in [3.63, 3.8) is 0 Å². The first-order valence-electron chi connectivity index (χ1n) is 8.89. The third-order valence-corrected chi connectivity index (χ3v) is 5.26. The predicted octanol–water partition coefficient (Wildman–Crippen LogP) is 2.56. The summed E-state index contributed by atoms with van der Waals surface area (Å²) in [5.41, 5.74) is 1.72. The summed E-state index contributed by atoms with van der Waals surface area (Å²) in [6, 6.07) is 6.82. The lowest BCUT2D eigenvalue weighted by Gasteiger charge is -2.21. The van der Waals surface area contributed by atoms with E-state index in [1.165, 1.54) is 28.4 Å².